The topological polar surface area (TPSA) is 55.8 Å². The Bertz CT molecular complexity index is 485. The molecular weight excluding hydrogens is 278 g/mol. The third-order valence-electron chi connectivity index (χ3n) is 4.19. The number of nitrogens with zero attached hydrogens (tertiary/aromatic N) is 2. The summed E-state index contributed by atoms with van der Waals surface area (Å²) in [6.45, 7) is 7.50. The second-order valence-electron chi connectivity index (χ2n) is 5.98. The highest BCUT2D eigenvalue weighted by Crippen LogP contribution is 2.20. The minimum absolute atomic E-state index is 0.00914. The number of hydrogen-bond acceptors (Lipinski definition) is 3. The summed E-state index contributed by atoms with van der Waals surface area (Å²) in [5, 5.41) is 11.8. The second kappa shape index (κ2) is 8.03. The summed E-state index contributed by atoms with van der Waals surface area (Å²) in [6, 6.07) is 8.49. The maximum absolute atomic E-state index is 12.2. The fraction of sp³-hybridized carbons (Fsp3) is 0.588. The van der Waals surface area contributed by atoms with E-state index in [0.717, 1.165) is 39.0 Å². The molecule has 0 radical (unpaired) electrons. The van der Waals surface area contributed by atoms with Gasteiger partial charge in [-0.15, -0.1) is 0 Å². The largest absolute Gasteiger partial charge is 0.396 e. The van der Waals surface area contributed by atoms with Crippen molar-refractivity contribution in [3.8, 4) is 0 Å². The molecular formula is C17H27N3O2. The van der Waals surface area contributed by atoms with Crippen molar-refractivity contribution in [1.82, 2.24) is 10.2 Å². The number of benzene rings is 1. The Balaban J connectivity index is 1.82. The van der Waals surface area contributed by atoms with E-state index in [1.165, 1.54) is 11.3 Å². The molecule has 0 saturated carbocycles. The van der Waals surface area contributed by atoms with Gasteiger partial charge in [-0.1, -0.05) is 18.2 Å². The number of aliphatic hydroxyl groups excluding tert-OH is 1. The summed E-state index contributed by atoms with van der Waals surface area (Å²) in [4.78, 5) is 16.4. The van der Waals surface area contributed by atoms with Gasteiger partial charge in [0.05, 0.1) is 0 Å². The monoisotopic (exact) mass is 305 g/mol. The van der Waals surface area contributed by atoms with Crippen LogP contribution in [0.3, 0.4) is 0 Å². The van der Waals surface area contributed by atoms with E-state index in [9.17, 15) is 4.79 Å². The predicted octanol–water partition coefficient (Wildman–Crippen LogP) is 1.99. The Morgan fingerprint density at radius 2 is 1.95 bits per heavy atom. The first kappa shape index (κ1) is 16.6. The fourth-order valence-corrected chi connectivity index (χ4v) is 2.84. The molecule has 2 rings (SSSR count). The Morgan fingerprint density at radius 3 is 2.59 bits per heavy atom. The van der Waals surface area contributed by atoms with Gasteiger partial charge in [0.15, 0.2) is 0 Å². The van der Waals surface area contributed by atoms with Gasteiger partial charge in [-0.3, -0.25) is 0 Å². The maximum atomic E-state index is 12.2. The Labute approximate surface area is 132 Å². The fourth-order valence-electron chi connectivity index (χ4n) is 2.84. The Morgan fingerprint density at radius 1 is 1.27 bits per heavy atom. The molecule has 0 bridgehead atoms. The van der Waals surface area contributed by atoms with Crippen molar-refractivity contribution < 1.29 is 9.90 Å². The zero-order valence-electron chi connectivity index (χ0n) is 13.6. The molecule has 1 unspecified atom stereocenters. The van der Waals surface area contributed by atoms with E-state index >= 15 is 0 Å². The third-order valence-corrected chi connectivity index (χ3v) is 4.19. The van der Waals surface area contributed by atoms with E-state index in [2.05, 4.69) is 41.4 Å². The lowest BCUT2D eigenvalue weighted by molar-refractivity contribution is 0.189. The molecule has 1 fully saturated rings. The van der Waals surface area contributed by atoms with Crippen LogP contribution in [0.4, 0.5) is 10.5 Å². The Hall–Kier alpha value is -1.75. The van der Waals surface area contributed by atoms with Crippen LogP contribution in [0.1, 0.15) is 25.3 Å². The van der Waals surface area contributed by atoms with E-state index in [0.29, 0.717) is 0 Å². The number of aliphatic hydroxyl groups is 1. The van der Waals surface area contributed by atoms with Gasteiger partial charge < -0.3 is 20.2 Å². The number of amides is 2. The van der Waals surface area contributed by atoms with Crippen molar-refractivity contribution in [3.63, 3.8) is 0 Å². The van der Waals surface area contributed by atoms with E-state index in [1.807, 2.05) is 11.8 Å². The van der Waals surface area contributed by atoms with Crippen molar-refractivity contribution in [2.45, 2.75) is 32.7 Å². The number of hydrogen-bond donors (Lipinski definition) is 2. The SMILES string of the molecule is Cc1ccccc1N1CCN(C(=O)NC(C)CCCO)CC1. The third kappa shape index (κ3) is 4.37. The zero-order chi connectivity index (χ0) is 15.9. The molecule has 0 spiro atoms. The number of piperazine rings is 1. The van der Waals surface area contributed by atoms with Crippen LogP contribution in [0.5, 0.6) is 0 Å². The van der Waals surface area contributed by atoms with Gasteiger partial charge in [0.25, 0.3) is 0 Å². The van der Waals surface area contributed by atoms with Gasteiger partial charge in [0, 0.05) is 44.5 Å². The lowest BCUT2D eigenvalue weighted by Gasteiger charge is -2.37. The molecule has 22 heavy (non-hydrogen) atoms. The van der Waals surface area contributed by atoms with Gasteiger partial charge in [-0.25, -0.2) is 4.79 Å². The summed E-state index contributed by atoms with van der Waals surface area (Å²) in [5.41, 5.74) is 2.54. The van der Waals surface area contributed by atoms with Crippen LogP contribution in [0, 0.1) is 6.92 Å². The molecule has 122 valence electrons. The van der Waals surface area contributed by atoms with Gasteiger partial charge in [0.2, 0.25) is 0 Å². The molecule has 1 atom stereocenters. The van der Waals surface area contributed by atoms with Crippen LogP contribution >= 0.6 is 0 Å². The highest BCUT2D eigenvalue weighted by atomic mass is 16.3. The van der Waals surface area contributed by atoms with Gasteiger partial charge in [-0.05, 0) is 38.3 Å². The number of anilines is 1. The molecule has 5 nitrogen and oxygen atoms in total. The number of urea groups is 1. The zero-order valence-corrected chi connectivity index (χ0v) is 13.6. The van der Waals surface area contributed by atoms with E-state index in [-0.39, 0.29) is 18.7 Å². The molecule has 1 aromatic rings. The molecule has 2 amide bonds. The lowest BCUT2D eigenvalue weighted by Crippen LogP contribution is -2.53. The number of nitrogens with one attached hydrogen (secondary N) is 1. The van der Waals surface area contributed by atoms with Gasteiger partial charge in [0.1, 0.15) is 0 Å². The second-order valence-corrected chi connectivity index (χ2v) is 5.98. The van der Waals surface area contributed by atoms with Crippen LogP contribution in [-0.2, 0) is 0 Å². The van der Waals surface area contributed by atoms with Gasteiger partial charge >= 0.3 is 6.03 Å². The number of para-hydroxylation sites is 1. The summed E-state index contributed by atoms with van der Waals surface area (Å²) in [7, 11) is 0. The van der Waals surface area contributed by atoms with Crippen molar-refractivity contribution in [1.29, 1.82) is 0 Å². The molecule has 5 heteroatoms. The van der Waals surface area contributed by atoms with E-state index < -0.39 is 0 Å². The average molecular weight is 305 g/mol. The molecule has 1 saturated heterocycles. The first-order chi connectivity index (χ1) is 10.6. The average Bonchev–Trinajstić information content (AvgIpc) is 2.53. The van der Waals surface area contributed by atoms with Crippen LogP contribution in [0.15, 0.2) is 24.3 Å². The highest BCUT2D eigenvalue weighted by molar-refractivity contribution is 5.75. The van der Waals surface area contributed by atoms with Crippen LogP contribution in [0.25, 0.3) is 0 Å². The van der Waals surface area contributed by atoms with Crippen molar-refractivity contribution in [3.05, 3.63) is 29.8 Å². The standard InChI is InChI=1S/C17H27N3O2/c1-14-6-3-4-8-16(14)19-9-11-20(12-10-19)17(22)18-15(2)7-5-13-21/h3-4,6,8,15,21H,5,7,9-13H2,1-2H3,(H,18,22). The number of carbonyl (C=O) groups is 1. The normalized spacial score (nSPS) is 16.5. The first-order valence-corrected chi connectivity index (χ1v) is 8.08. The maximum Gasteiger partial charge on any atom is 0.317 e. The molecule has 1 heterocycles. The van der Waals surface area contributed by atoms with Crippen LogP contribution in [-0.4, -0.2) is 54.9 Å². The summed E-state index contributed by atoms with van der Waals surface area (Å²) in [5.74, 6) is 0. The smallest absolute Gasteiger partial charge is 0.317 e. The molecule has 1 aliphatic rings. The van der Waals surface area contributed by atoms with Crippen molar-refractivity contribution in [2.75, 3.05) is 37.7 Å². The quantitative estimate of drug-likeness (QED) is 0.875. The summed E-state index contributed by atoms with van der Waals surface area (Å²) < 4.78 is 0. The van der Waals surface area contributed by atoms with Crippen molar-refractivity contribution in [2.24, 2.45) is 0 Å². The Kier molecular flexibility index (Phi) is 6.07. The van der Waals surface area contributed by atoms with E-state index in [4.69, 9.17) is 5.11 Å². The molecule has 2 N–H and O–H groups in total. The number of rotatable bonds is 5. The molecule has 1 aliphatic heterocycles. The highest BCUT2D eigenvalue weighted by Gasteiger charge is 2.22. The molecule has 1 aromatic carbocycles. The number of aryl methyl sites for hydroxylation is 1. The predicted molar refractivity (Wildman–Crippen MR) is 89.3 cm³/mol. The van der Waals surface area contributed by atoms with Gasteiger partial charge in [-0.2, -0.15) is 0 Å². The first-order valence-electron chi connectivity index (χ1n) is 8.08. The summed E-state index contributed by atoms with van der Waals surface area (Å²) >= 11 is 0. The van der Waals surface area contributed by atoms with Crippen LogP contribution < -0.4 is 10.2 Å². The minimum Gasteiger partial charge on any atom is -0.396 e. The van der Waals surface area contributed by atoms with Crippen molar-refractivity contribution >= 4 is 11.7 Å². The van der Waals surface area contributed by atoms with E-state index in [1.54, 1.807) is 0 Å². The van der Waals surface area contributed by atoms with Crippen LogP contribution in [0.2, 0.25) is 0 Å². The summed E-state index contributed by atoms with van der Waals surface area (Å²) in [6.07, 6.45) is 1.54. The lowest BCUT2D eigenvalue weighted by atomic mass is 10.1. The molecule has 0 aromatic heterocycles. The molecule has 0 aliphatic carbocycles. The number of carbonyl (C=O) groups excluding carboxylic acids is 1. The minimum atomic E-state index is 0.00914.